The molecule has 1 aromatic heterocycles. The third kappa shape index (κ3) is 3.80. The van der Waals surface area contributed by atoms with Gasteiger partial charge in [-0.1, -0.05) is 0 Å². The van der Waals surface area contributed by atoms with Crippen molar-refractivity contribution >= 4 is 37.3 Å². The first-order valence-corrected chi connectivity index (χ1v) is 9.57. The van der Waals surface area contributed by atoms with Gasteiger partial charge in [0.1, 0.15) is 4.90 Å². The van der Waals surface area contributed by atoms with E-state index in [0.29, 0.717) is 28.4 Å². The Morgan fingerprint density at radius 2 is 2.30 bits per heavy atom. The fourth-order valence-electron chi connectivity index (χ4n) is 2.18. The molecule has 0 bridgehead atoms. The van der Waals surface area contributed by atoms with Gasteiger partial charge in [-0.25, -0.2) is 13.1 Å². The summed E-state index contributed by atoms with van der Waals surface area (Å²) in [5, 5.41) is 3.02. The summed E-state index contributed by atoms with van der Waals surface area (Å²) in [7, 11) is -1.63. The van der Waals surface area contributed by atoms with Gasteiger partial charge in [0.15, 0.2) is 0 Å². The van der Waals surface area contributed by atoms with Crippen LogP contribution in [-0.4, -0.2) is 34.7 Å². The molecule has 2 heterocycles. The molecule has 0 aromatic carbocycles. The van der Waals surface area contributed by atoms with Crippen molar-refractivity contribution in [1.29, 1.82) is 0 Å². The maximum absolute atomic E-state index is 12.3. The fourth-order valence-corrected chi connectivity index (χ4v) is 5.97. The van der Waals surface area contributed by atoms with Crippen molar-refractivity contribution < 1.29 is 13.2 Å². The summed E-state index contributed by atoms with van der Waals surface area (Å²) in [6.07, 6.45) is 1.02. The summed E-state index contributed by atoms with van der Waals surface area (Å²) in [6, 6.07) is 1.71. The van der Waals surface area contributed by atoms with E-state index in [9.17, 15) is 8.42 Å². The second-order valence-electron chi connectivity index (χ2n) is 4.86. The zero-order valence-corrected chi connectivity index (χ0v) is 14.7. The molecule has 1 fully saturated rings. The Balaban J connectivity index is 2.06. The molecule has 2 rings (SSSR count). The van der Waals surface area contributed by atoms with Crippen molar-refractivity contribution in [1.82, 2.24) is 10.0 Å². The molecule has 1 aromatic rings. The Bertz CT molecular complexity index is 559. The van der Waals surface area contributed by atoms with Crippen LogP contribution in [0, 0.1) is 5.92 Å². The molecule has 0 amide bonds. The van der Waals surface area contributed by atoms with Crippen LogP contribution in [0.3, 0.4) is 0 Å². The lowest BCUT2D eigenvalue weighted by Gasteiger charge is -2.14. The van der Waals surface area contributed by atoms with Gasteiger partial charge in [-0.2, -0.15) is 0 Å². The molecule has 8 heteroatoms. The monoisotopic (exact) mass is 382 g/mol. The van der Waals surface area contributed by atoms with Crippen molar-refractivity contribution in [3.8, 4) is 0 Å². The quantitative estimate of drug-likeness (QED) is 0.788. The minimum Gasteiger partial charge on any atom is -0.378 e. The molecule has 2 N–H and O–H groups in total. The van der Waals surface area contributed by atoms with E-state index in [0.717, 1.165) is 11.3 Å². The van der Waals surface area contributed by atoms with Gasteiger partial charge in [0.25, 0.3) is 0 Å². The lowest BCUT2D eigenvalue weighted by atomic mass is 10.0. The highest BCUT2D eigenvalue weighted by molar-refractivity contribution is 9.11. The van der Waals surface area contributed by atoms with Crippen LogP contribution in [-0.2, 0) is 21.3 Å². The van der Waals surface area contributed by atoms with Gasteiger partial charge < -0.3 is 10.1 Å². The van der Waals surface area contributed by atoms with E-state index in [1.165, 1.54) is 11.3 Å². The first-order chi connectivity index (χ1) is 9.44. The second-order valence-corrected chi connectivity index (χ2v) is 9.05. The molecule has 1 aliphatic rings. The van der Waals surface area contributed by atoms with Crippen LogP contribution in [0.15, 0.2) is 14.7 Å². The van der Waals surface area contributed by atoms with Crippen LogP contribution in [0.2, 0.25) is 0 Å². The van der Waals surface area contributed by atoms with Gasteiger partial charge in [0.05, 0.1) is 9.89 Å². The number of sulfonamides is 1. The van der Waals surface area contributed by atoms with E-state index in [2.05, 4.69) is 26.0 Å². The minimum absolute atomic E-state index is 0.114. The topological polar surface area (TPSA) is 67.4 Å². The van der Waals surface area contributed by atoms with Gasteiger partial charge in [-0.15, -0.1) is 11.3 Å². The number of halogens is 1. The number of hydrogen-bond acceptors (Lipinski definition) is 5. The summed E-state index contributed by atoms with van der Waals surface area (Å²) < 4.78 is 33.5. The Morgan fingerprint density at radius 1 is 1.55 bits per heavy atom. The van der Waals surface area contributed by atoms with Crippen LogP contribution < -0.4 is 10.0 Å². The van der Waals surface area contributed by atoms with Crippen LogP contribution in [0.5, 0.6) is 0 Å². The van der Waals surface area contributed by atoms with Crippen LogP contribution >= 0.6 is 27.3 Å². The van der Waals surface area contributed by atoms with Crippen molar-refractivity contribution in [2.75, 3.05) is 20.2 Å². The third-order valence-electron chi connectivity index (χ3n) is 3.42. The summed E-state index contributed by atoms with van der Waals surface area (Å²) in [6.45, 7) is 3.78. The van der Waals surface area contributed by atoms with Crippen molar-refractivity contribution in [3.05, 3.63) is 14.7 Å². The van der Waals surface area contributed by atoms with E-state index in [1.54, 1.807) is 6.07 Å². The molecule has 1 saturated heterocycles. The number of nitrogens with one attached hydrogen (secondary N) is 2. The lowest BCUT2D eigenvalue weighted by molar-refractivity contribution is 0.107. The molecule has 2 unspecified atom stereocenters. The molecular weight excluding hydrogens is 364 g/mol. The van der Waals surface area contributed by atoms with Crippen LogP contribution in [0.25, 0.3) is 0 Å². The fraction of sp³-hybridized carbons (Fsp3) is 0.667. The van der Waals surface area contributed by atoms with Crippen LogP contribution in [0.4, 0.5) is 0 Å². The van der Waals surface area contributed by atoms with Gasteiger partial charge >= 0.3 is 0 Å². The van der Waals surface area contributed by atoms with Gasteiger partial charge in [0, 0.05) is 30.5 Å². The molecule has 5 nitrogen and oxygen atoms in total. The zero-order chi connectivity index (χ0) is 14.8. The standard InChI is InChI=1S/C12H19BrN2O3S2/c1-8-9(3-4-18-8)6-15-20(16,17)11-5-10(7-14-2)19-12(11)13/h5,8-9,14-15H,3-4,6-7H2,1-2H3. The molecule has 2 atom stereocenters. The number of hydrogen-bond donors (Lipinski definition) is 2. The van der Waals surface area contributed by atoms with E-state index < -0.39 is 10.0 Å². The summed E-state index contributed by atoms with van der Waals surface area (Å²) in [4.78, 5) is 1.30. The number of thiophene rings is 1. The maximum atomic E-state index is 12.3. The SMILES string of the molecule is CNCc1cc(S(=O)(=O)NCC2CCOC2C)c(Br)s1. The largest absolute Gasteiger partial charge is 0.378 e. The van der Waals surface area contributed by atoms with Gasteiger partial charge in [-0.3, -0.25) is 0 Å². The Morgan fingerprint density at radius 3 is 2.90 bits per heavy atom. The predicted octanol–water partition coefficient (Wildman–Crippen LogP) is 1.93. The molecule has 0 aliphatic carbocycles. The molecular formula is C12H19BrN2O3S2. The second kappa shape index (κ2) is 6.85. The smallest absolute Gasteiger partial charge is 0.242 e. The van der Waals surface area contributed by atoms with Crippen molar-refractivity contribution in [3.63, 3.8) is 0 Å². The minimum atomic E-state index is -3.47. The highest BCUT2D eigenvalue weighted by atomic mass is 79.9. The normalized spacial score (nSPS) is 23.4. The summed E-state index contributed by atoms with van der Waals surface area (Å²) in [5.41, 5.74) is 0. The van der Waals surface area contributed by atoms with E-state index in [1.807, 2.05) is 14.0 Å². The van der Waals surface area contributed by atoms with Gasteiger partial charge in [-0.05, 0) is 42.4 Å². The average Bonchev–Trinajstić information content (AvgIpc) is 2.94. The van der Waals surface area contributed by atoms with Crippen molar-refractivity contribution in [2.45, 2.75) is 30.9 Å². The molecule has 1 aliphatic heterocycles. The lowest BCUT2D eigenvalue weighted by Crippen LogP contribution is -2.32. The highest BCUT2D eigenvalue weighted by Crippen LogP contribution is 2.31. The Kier molecular flexibility index (Phi) is 5.61. The average molecular weight is 383 g/mol. The van der Waals surface area contributed by atoms with Crippen LogP contribution in [0.1, 0.15) is 18.2 Å². The van der Waals surface area contributed by atoms with Crippen molar-refractivity contribution in [2.24, 2.45) is 5.92 Å². The first kappa shape index (κ1) is 16.4. The van der Waals surface area contributed by atoms with Gasteiger partial charge in [0.2, 0.25) is 10.0 Å². The molecule has 0 radical (unpaired) electrons. The molecule has 0 spiro atoms. The van der Waals surface area contributed by atoms with E-state index in [-0.39, 0.29) is 12.0 Å². The predicted molar refractivity (Wildman–Crippen MR) is 83.5 cm³/mol. The first-order valence-electron chi connectivity index (χ1n) is 6.48. The molecule has 114 valence electrons. The highest BCUT2D eigenvalue weighted by Gasteiger charge is 2.27. The van der Waals surface area contributed by atoms with E-state index in [4.69, 9.17) is 4.74 Å². The zero-order valence-electron chi connectivity index (χ0n) is 11.5. The number of rotatable bonds is 6. The van der Waals surface area contributed by atoms with E-state index >= 15 is 0 Å². The third-order valence-corrected chi connectivity index (χ3v) is 7.09. The Hall–Kier alpha value is 0.01000. The molecule has 20 heavy (non-hydrogen) atoms. The maximum Gasteiger partial charge on any atom is 0.242 e. The summed E-state index contributed by atoms with van der Waals surface area (Å²) in [5.74, 6) is 0.249. The Labute approximate surface area is 132 Å². The number of ether oxygens (including phenoxy) is 1. The summed E-state index contributed by atoms with van der Waals surface area (Å²) >= 11 is 4.77. The molecule has 0 saturated carbocycles.